The van der Waals surface area contributed by atoms with Crippen LogP contribution in [0.15, 0.2) is 36.2 Å². The van der Waals surface area contributed by atoms with Crippen molar-refractivity contribution >= 4 is 17.4 Å². The molecule has 1 aliphatic rings. The number of thiophene rings is 1. The van der Waals surface area contributed by atoms with Gasteiger partial charge in [-0.15, -0.1) is 11.3 Å². The second-order valence-electron chi connectivity index (χ2n) is 6.31. The molecule has 1 aliphatic heterocycles. The fraction of sp³-hybridized carbons (Fsp3) is 0.529. The van der Waals surface area contributed by atoms with Gasteiger partial charge in [-0.2, -0.15) is 0 Å². The van der Waals surface area contributed by atoms with E-state index in [0.717, 1.165) is 45.7 Å². The summed E-state index contributed by atoms with van der Waals surface area (Å²) in [5.41, 5.74) is 0. The van der Waals surface area contributed by atoms with Crippen LogP contribution in [0.1, 0.15) is 18.2 Å². The highest BCUT2D eigenvalue weighted by atomic mass is 32.1. The minimum absolute atomic E-state index is 0.0422. The fourth-order valence-corrected chi connectivity index (χ4v) is 3.76. The molecule has 3 heterocycles. The summed E-state index contributed by atoms with van der Waals surface area (Å²) in [7, 11) is 0. The van der Waals surface area contributed by atoms with Gasteiger partial charge in [-0.3, -0.25) is 4.90 Å². The zero-order chi connectivity index (χ0) is 16.8. The first kappa shape index (κ1) is 17.0. The van der Waals surface area contributed by atoms with Crippen LogP contribution in [0.5, 0.6) is 0 Å². The molecule has 24 heavy (non-hydrogen) atoms. The zero-order valence-electron chi connectivity index (χ0n) is 14.1. The Morgan fingerprint density at radius 2 is 2.29 bits per heavy atom. The Bertz CT molecular complexity index is 613. The number of rotatable bonds is 5. The van der Waals surface area contributed by atoms with E-state index in [1.165, 1.54) is 4.88 Å². The molecule has 130 valence electrons. The molecule has 2 aromatic rings. The van der Waals surface area contributed by atoms with Crippen molar-refractivity contribution in [2.24, 2.45) is 0 Å². The van der Waals surface area contributed by atoms with E-state index < -0.39 is 0 Å². The van der Waals surface area contributed by atoms with Gasteiger partial charge in [0.25, 0.3) is 0 Å². The van der Waals surface area contributed by atoms with E-state index in [9.17, 15) is 4.79 Å². The quantitative estimate of drug-likeness (QED) is 0.903. The number of amides is 2. The van der Waals surface area contributed by atoms with Crippen molar-refractivity contribution in [3.63, 3.8) is 0 Å². The maximum atomic E-state index is 12.5. The molecule has 3 rings (SSSR count). The molecule has 1 fully saturated rings. The third-order valence-electron chi connectivity index (χ3n) is 4.25. The Morgan fingerprint density at radius 1 is 1.38 bits per heavy atom. The van der Waals surface area contributed by atoms with Crippen LogP contribution >= 0.6 is 11.3 Å². The number of carbonyl (C=O) groups excluding carboxylic acids is 1. The number of nitrogens with zero attached hydrogens (tertiary/aromatic N) is 4. The van der Waals surface area contributed by atoms with Gasteiger partial charge >= 0.3 is 6.03 Å². The maximum Gasteiger partial charge on any atom is 0.317 e. The molecule has 6 nitrogen and oxygen atoms in total. The van der Waals surface area contributed by atoms with Crippen LogP contribution in [0.25, 0.3) is 0 Å². The Hall–Kier alpha value is -1.86. The van der Waals surface area contributed by atoms with E-state index in [4.69, 9.17) is 0 Å². The van der Waals surface area contributed by atoms with Crippen LogP contribution < -0.4 is 5.32 Å². The summed E-state index contributed by atoms with van der Waals surface area (Å²) in [4.78, 5) is 22.3. The number of aromatic nitrogens is 2. The topological polar surface area (TPSA) is 53.4 Å². The molecule has 0 bridgehead atoms. The first-order chi connectivity index (χ1) is 11.7. The molecular formula is C17H25N5OS. The monoisotopic (exact) mass is 347 g/mol. The molecule has 7 heteroatoms. The van der Waals surface area contributed by atoms with Crippen molar-refractivity contribution in [2.75, 3.05) is 26.2 Å². The molecule has 2 amide bonds. The second-order valence-corrected chi connectivity index (χ2v) is 7.34. The van der Waals surface area contributed by atoms with Gasteiger partial charge in [0, 0.05) is 62.6 Å². The van der Waals surface area contributed by atoms with Crippen molar-refractivity contribution < 1.29 is 4.79 Å². The van der Waals surface area contributed by atoms with Crippen LogP contribution in [0.3, 0.4) is 0 Å². The molecule has 0 radical (unpaired) electrons. The van der Waals surface area contributed by atoms with Gasteiger partial charge in [-0.1, -0.05) is 6.07 Å². The van der Waals surface area contributed by atoms with Crippen molar-refractivity contribution in [1.82, 2.24) is 24.7 Å². The van der Waals surface area contributed by atoms with Crippen molar-refractivity contribution in [3.05, 3.63) is 41.1 Å². The lowest BCUT2D eigenvalue weighted by atomic mass is 10.3. The standard InChI is InChI=1S/C17H25N5OS/c1-15(12-21-8-5-18-14-21)19-17(23)22-7-3-6-20(9-10-22)13-16-4-2-11-24-16/h2,4-5,8,11,14-15H,3,6-7,9-10,12-13H2,1H3,(H,19,23). The highest BCUT2D eigenvalue weighted by Gasteiger charge is 2.20. The van der Waals surface area contributed by atoms with E-state index in [1.807, 2.05) is 22.6 Å². The molecule has 1 N–H and O–H groups in total. The van der Waals surface area contributed by atoms with E-state index >= 15 is 0 Å². The molecule has 0 spiro atoms. The Labute approximate surface area is 147 Å². The maximum absolute atomic E-state index is 12.5. The van der Waals surface area contributed by atoms with Crippen molar-refractivity contribution in [1.29, 1.82) is 0 Å². The van der Waals surface area contributed by atoms with Crippen LogP contribution in [0.2, 0.25) is 0 Å². The van der Waals surface area contributed by atoms with Gasteiger partial charge in [0.15, 0.2) is 0 Å². The number of carbonyl (C=O) groups is 1. The lowest BCUT2D eigenvalue weighted by molar-refractivity contribution is 0.193. The van der Waals surface area contributed by atoms with E-state index in [2.05, 4.69) is 32.7 Å². The molecule has 0 aliphatic carbocycles. The third-order valence-corrected chi connectivity index (χ3v) is 5.11. The van der Waals surface area contributed by atoms with Crippen molar-refractivity contribution in [2.45, 2.75) is 32.5 Å². The third kappa shape index (κ3) is 4.82. The number of urea groups is 1. The van der Waals surface area contributed by atoms with Crippen LogP contribution in [0, 0.1) is 0 Å². The summed E-state index contributed by atoms with van der Waals surface area (Å²) >= 11 is 1.80. The minimum Gasteiger partial charge on any atom is -0.335 e. The van der Waals surface area contributed by atoms with Crippen molar-refractivity contribution in [3.8, 4) is 0 Å². The van der Waals surface area contributed by atoms with Gasteiger partial charge < -0.3 is 14.8 Å². The van der Waals surface area contributed by atoms with Gasteiger partial charge in [0.2, 0.25) is 0 Å². The lowest BCUT2D eigenvalue weighted by Crippen LogP contribution is -2.46. The SMILES string of the molecule is CC(Cn1ccnc1)NC(=O)N1CCCN(Cc2cccs2)CC1. The van der Waals surface area contributed by atoms with Crippen LogP contribution in [-0.2, 0) is 13.1 Å². The number of nitrogens with one attached hydrogen (secondary N) is 1. The fourth-order valence-electron chi connectivity index (χ4n) is 3.01. The summed E-state index contributed by atoms with van der Waals surface area (Å²) in [5, 5.41) is 5.22. The van der Waals surface area contributed by atoms with Crippen LogP contribution in [-0.4, -0.2) is 57.6 Å². The number of hydrogen-bond donors (Lipinski definition) is 1. The zero-order valence-corrected chi connectivity index (χ0v) is 14.9. The first-order valence-corrected chi connectivity index (χ1v) is 9.34. The number of hydrogen-bond acceptors (Lipinski definition) is 4. The summed E-state index contributed by atoms with van der Waals surface area (Å²) in [6.45, 7) is 7.35. The summed E-state index contributed by atoms with van der Waals surface area (Å²) in [6, 6.07) is 4.40. The molecule has 1 unspecified atom stereocenters. The largest absolute Gasteiger partial charge is 0.335 e. The van der Waals surface area contributed by atoms with E-state index in [-0.39, 0.29) is 12.1 Å². The Balaban J connectivity index is 1.45. The van der Waals surface area contributed by atoms with E-state index in [0.29, 0.717) is 0 Å². The average Bonchev–Trinajstić information content (AvgIpc) is 3.19. The Morgan fingerprint density at radius 3 is 3.04 bits per heavy atom. The predicted octanol–water partition coefficient (Wildman–Crippen LogP) is 2.25. The molecule has 0 aromatic carbocycles. The van der Waals surface area contributed by atoms with E-state index in [1.54, 1.807) is 23.9 Å². The van der Waals surface area contributed by atoms with Gasteiger partial charge in [-0.25, -0.2) is 9.78 Å². The predicted molar refractivity (Wildman–Crippen MR) is 96.0 cm³/mol. The van der Waals surface area contributed by atoms with Gasteiger partial charge in [0.05, 0.1) is 6.33 Å². The highest BCUT2D eigenvalue weighted by Crippen LogP contribution is 2.13. The molecule has 2 aromatic heterocycles. The lowest BCUT2D eigenvalue weighted by Gasteiger charge is -2.24. The van der Waals surface area contributed by atoms with Gasteiger partial charge in [0.1, 0.15) is 0 Å². The summed E-state index contributed by atoms with van der Waals surface area (Å²) in [5.74, 6) is 0. The average molecular weight is 347 g/mol. The normalized spacial score (nSPS) is 17.5. The minimum atomic E-state index is 0.0422. The summed E-state index contributed by atoms with van der Waals surface area (Å²) < 4.78 is 1.98. The molecule has 0 saturated carbocycles. The first-order valence-electron chi connectivity index (χ1n) is 8.46. The summed E-state index contributed by atoms with van der Waals surface area (Å²) in [6.07, 6.45) is 6.47. The van der Waals surface area contributed by atoms with Crippen LogP contribution in [0.4, 0.5) is 4.79 Å². The highest BCUT2D eigenvalue weighted by molar-refractivity contribution is 7.09. The Kier molecular flexibility index (Phi) is 5.87. The molecular weight excluding hydrogens is 322 g/mol. The smallest absolute Gasteiger partial charge is 0.317 e. The molecule has 1 saturated heterocycles. The molecule has 1 atom stereocenters. The second kappa shape index (κ2) is 8.30. The number of imidazole rings is 1. The van der Waals surface area contributed by atoms with Gasteiger partial charge in [-0.05, 0) is 24.8 Å².